The Morgan fingerprint density at radius 2 is 1.95 bits per heavy atom. The molecule has 0 atom stereocenters. The van der Waals surface area contributed by atoms with E-state index in [0.717, 1.165) is 18.4 Å². The SMILES string of the molecule is O=C(O)CCCC(=O)N(Cc1ccncc1)C1CC1. The first-order valence-electron chi connectivity index (χ1n) is 6.57. The summed E-state index contributed by atoms with van der Waals surface area (Å²) in [6, 6.07) is 4.14. The van der Waals surface area contributed by atoms with Gasteiger partial charge in [0.1, 0.15) is 0 Å². The Hall–Kier alpha value is -1.91. The lowest BCUT2D eigenvalue weighted by Crippen LogP contribution is -2.32. The normalized spacial score (nSPS) is 14.1. The fraction of sp³-hybridized carbons (Fsp3) is 0.500. The van der Waals surface area contributed by atoms with E-state index in [1.807, 2.05) is 17.0 Å². The Bertz CT molecular complexity index is 443. The first-order valence-corrected chi connectivity index (χ1v) is 6.57. The lowest BCUT2D eigenvalue weighted by atomic mass is 10.2. The number of amides is 1. The van der Waals surface area contributed by atoms with Gasteiger partial charge in [0, 0.05) is 37.8 Å². The van der Waals surface area contributed by atoms with Gasteiger partial charge in [0.25, 0.3) is 0 Å². The van der Waals surface area contributed by atoms with Crippen LogP contribution >= 0.6 is 0 Å². The number of hydrogen-bond acceptors (Lipinski definition) is 3. The Labute approximate surface area is 112 Å². The van der Waals surface area contributed by atoms with E-state index in [2.05, 4.69) is 4.98 Å². The number of aliphatic carboxylic acids is 1. The molecular formula is C14H18N2O3. The van der Waals surface area contributed by atoms with Gasteiger partial charge >= 0.3 is 5.97 Å². The molecule has 0 aliphatic heterocycles. The summed E-state index contributed by atoms with van der Waals surface area (Å²) in [6.45, 7) is 0.596. The highest BCUT2D eigenvalue weighted by atomic mass is 16.4. The van der Waals surface area contributed by atoms with E-state index in [9.17, 15) is 9.59 Å². The molecule has 1 aromatic rings. The molecule has 1 saturated carbocycles. The van der Waals surface area contributed by atoms with Gasteiger partial charge in [-0.15, -0.1) is 0 Å². The van der Waals surface area contributed by atoms with E-state index < -0.39 is 5.97 Å². The van der Waals surface area contributed by atoms with Crippen molar-refractivity contribution in [1.29, 1.82) is 0 Å². The molecule has 1 aliphatic rings. The van der Waals surface area contributed by atoms with Gasteiger partial charge in [0.05, 0.1) is 0 Å². The van der Waals surface area contributed by atoms with Gasteiger partial charge < -0.3 is 10.0 Å². The highest BCUT2D eigenvalue weighted by molar-refractivity contribution is 5.77. The molecule has 0 unspecified atom stereocenters. The van der Waals surface area contributed by atoms with Crippen LogP contribution in [0.3, 0.4) is 0 Å². The summed E-state index contributed by atoms with van der Waals surface area (Å²) >= 11 is 0. The highest BCUT2D eigenvalue weighted by Crippen LogP contribution is 2.29. The van der Waals surface area contributed by atoms with Gasteiger partial charge in [-0.1, -0.05) is 0 Å². The zero-order chi connectivity index (χ0) is 13.7. The molecule has 0 bridgehead atoms. The number of pyridine rings is 1. The molecule has 5 heteroatoms. The Balaban J connectivity index is 1.89. The lowest BCUT2D eigenvalue weighted by Gasteiger charge is -2.22. The number of carboxylic acid groups (broad SMARTS) is 1. The van der Waals surface area contributed by atoms with Gasteiger partial charge in [-0.25, -0.2) is 0 Å². The molecule has 1 heterocycles. The predicted octanol–water partition coefficient (Wildman–Crippen LogP) is 1.83. The molecule has 0 aromatic carbocycles. The second kappa shape index (κ2) is 6.31. The van der Waals surface area contributed by atoms with Crippen molar-refractivity contribution in [2.75, 3.05) is 0 Å². The van der Waals surface area contributed by atoms with E-state index in [1.54, 1.807) is 12.4 Å². The highest BCUT2D eigenvalue weighted by Gasteiger charge is 2.32. The Morgan fingerprint density at radius 1 is 1.26 bits per heavy atom. The molecule has 5 nitrogen and oxygen atoms in total. The van der Waals surface area contributed by atoms with Crippen molar-refractivity contribution in [2.24, 2.45) is 0 Å². The predicted molar refractivity (Wildman–Crippen MR) is 69.3 cm³/mol. The molecule has 0 saturated heterocycles. The van der Waals surface area contributed by atoms with Gasteiger partial charge in [-0.3, -0.25) is 14.6 Å². The maximum atomic E-state index is 12.1. The quantitative estimate of drug-likeness (QED) is 0.813. The van der Waals surface area contributed by atoms with Crippen LogP contribution in [0.4, 0.5) is 0 Å². The van der Waals surface area contributed by atoms with Crippen molar-refractivity contribution < 1.29 is 14.7 Å². The van der Waals surface area contributed by atoms with E-state index in [0.29, 0.717) is 25.4 Å². The van der Waals surface area contributed by atoms with Crippen molar-refractivity contribution >= 4 is 11.9 Å². The van der Waals surface area contributed by atoms with Crippen LogP contribution in [0.15, 0.2) is 24.5 Å². The number of hydrogen-bond donors (Lipinski definition) is 1. The molecule has 1 fully saturated rings. The largest absolute Gasteiger partial charge is 0.481 e. The minimum atomic E-state index is -0.847. The molecule has 1 aliphatic carbocycles. The zero-order valence-corrected chi connectivity index (χ0v) is 10.8. The Morgan fingerprint density at radius 3 is 2.53 bits per heavy atom. The minimum Gasteiger partial charge on any atom is -0.481 e. The average molecular weight is 262 g/mol. The number of aromatic nitrogens is 1. The van der Waals surface area contributed by atoms with Crippen molar-refractivity contribution in [1.82, 2.24) is 9.88 Å². The number of carboxylic acids is 1. The topological polar surface area (TPSA) is 70.5 Å². The molecule has 0 spiro atoms. The number of rotatable bonds is 7. The lowest BCUT2D eigenvalue weighted by molar-refractivity contribution is -0.137. The fourth-order valence-electron chi connectivity index (χ4n) is 2.03. The average Bonchev–Trinajstić information content (AvgIpc) is 3.21. The number of carbonyl (C=O) groups excluding carboxylic acids is 1. The van der Waals surface area contributed by atoms with E-state index in [4.69, 9.17) is 5.11 Å². The van der Waals surface area contributed by atoms with Crippen molar-refractivity contribution in [2.45, 2.75) is 44.7 Å². The van der Waals surface area contributed by atoms with Crippen LogP contribution in [0.1, 0.15) is 37.7 Å². The zero-order valence-electron chi connectivity index (χ0n) is 10.8. The van der Waals surface area contributed by atoms with Gasteiger partial charge in [0.15, 0.2) is 0 Å². The first kappa shape index (κ1) is 13.5. The van der Waals surface area contributed by atoms with Crippen LogP contribution in [0.5, 0.6) is 0 Å². The van der Waals surface area contributed by atoms with Gasteiger partial charge in [-0.2, -0.15) is 0 Å². The maximum Gasteiger partial charge on any atom is 0.303 e. The summed E-state index contributed by atoms with van der Waals surface area (Å²) in [7, 11) is 0. The summed E-state index contributed by atoms with van der Waals surface area (Å²) in [6.07, 6.45) is 6.32. The third-order valence-corrected chi connectivity index (χ3v) is 3.19. The molecule has 19 heavy (non-hydrogen) atoms. The summed E-state index contributed by atoms with van der Waals surface area (Å²) in [5.41, 5.74) is 1.06. The summed E-state index contributed by atoms with van der Waals surface area (Å²) in [4.78, 5) is 28.4. The molecule has 1 amide bonds. The molecular weight excluding hydrogens is 244 g/mol. The fourth-order valence-corrected chi connectivity index (χ4v) is 2.03. The summed E-state index contributed by atoms with van der Waals surface area (Å²) in [5, 5.41) is 8.59. The summed E-state index contributed by atoms with van der Waals surface area (Å²) in [5.74, 6) is -0.791. The molecule has 2 rings (SSSR count). The van der Waals surface area contributed by atoms with Crippen LogP contribution in [0.2, 0.25) is 0 Å². The van der Waals surface area contributed by atoms with Crippen LogP contribution < -0.4 is 0 Å². The molecule has 1 aromatic heterocycles. The third-order valence-electron chi connectivity index (χ3n) is 3.19. The van der Waals surface area contributed by atoms with Crippen molar-refractivity contribution in [3.63, 3.8) is 0 Å². The first-order chi connectivity index (χ1) is 9.16. The van der Waals surface area contributed by atoms with Crippen molar-refractivity contribution in [3.8, 4) is 0 Å². The molecule has 102 valence electrons. The Kier molecular flexibility index (Phi) is 4.49. The van der Waals surface area contributed by atoms with Crippen LogP contribution in [-0.2, 0) is 16.1 Å². The number of nitrogens with zero attached hydrogens (tertiary/aromatic N) is 2. The number of carbonyl (C=O) groups is 2. The third kappa shape index (κ3) is 4.35. The van der Waals surface area contributed by atoms with Gasteiger partial charge in [0.2, 0.25) is 5.91 Å². The summed E-state index contributed by atoms with van der Waals surface area (Å²) < 4.78 is 0. The van der Waals surface area contributed by atoms with Crippen LogP contribution in [-0.4, -0.2) is 32.9 Å². The van der Waals surface area contributed by atoms with E-state index >= 15 is 0 Å². The van der Waals surface area contributed by atoms with E-state index in [-0.39, 0.29) is 12.3 Å². The minimum absolute atomic E-state index is 0.0551. The smallest absolute Gasteiger partial charge is 0.303 e. The van der Waals surface area contributed by atoms with Gasteiger partial charge in [-0.05, 0) is 37.0 Å². The standard InChI is InChI=1S/C14H18N2O3/c17-13(2-1-3-14(18)19)16(12-4-5-12)10-11-6-8-15-9-7-11/h6-9,12H,1-5,10H2,(H,18,19). The van der Waals surface area contributed by atoms with Crippen molar-refractivity contribution in [3.05, 3.63) is 30.1 Å². The maximum absolute atomic E-state index is 12.1. The van der Waals surface area contributed by atoms with E-state index in [1.165, 1.54) is 0 Å². The van der Waals surface area contributed by atoms with Crippen LogP contribution in [0.25, 0.3) is 0 Å². The second-order valence-electron chi connectivity index (χ2n) is 4.86. The molecule has 0 radical (unpaired) electrons. The van der Waals surface area contributed by atoms with Crippen LogP contribution in [0, 0.1) is 0 Å². The monoisotopic (exact) mass is 262 g/mol. The second-order valence-corrected chi connectivity index (χ2v) is 4.86. The molecule has 1 N–H and O–H groups in total.